The summed E-state index contributed by atoms with van der Waals surface area (Å²) in [5.74, 6) is 0.857. The Morgan fingerprint density at radius 2 is 2.09 bits per heavy atom. The van der Waals surface area contributed by atoms with Crippen LogP contribution in [0.3, 0.4) is 0 Å². The first-order chi connectivity index (χ1) is 5.16. The minimum absolute atomic E-state index is 0.0885. The summed E-state index contributed by atoms with van der Waals surface area (Å²) in [6, 6.07) is 0. The molecule has 1 saturated carbocycles. The monoisotopic (exact) mass is 285 g/mol. The van der Waals surface area contributed by atoms with Gasteiger partial charge in [-0.05, 0) is 25.7 Å². The first kappa shape index (κ1) is 8.29. The smallest absolute Gasteiger partial charge is 0.105 e. The maximum atomic E-state index is 12.1. The van der Waals surface area contributed by atoms with Crippen LogP contribution in [0.2, 0.25) is 0 Å². The van der Waals surface area contributed by atoms with Crippen molar-refractivity contribution in [2.24, 2.45) is 4.36 Å². The predicted octanol–water partition coefficient (Wildman–Crippen LogP) is 2.17. The highest BCUT2D eigenvalue weighted by Gasteiger charge is 2.50. The molecule has 64 valence electrons. The second kappa shape index (κ2) is 2.58. The van der Waals surface area contributed by atoms with E-state index in [9.17, 15) is 4.21 Å². The van der Waals surface area contributed by atoms with Crippen LogP contribution in [-0.2, 0) is 9.73 Å². The van der Waals surface area contributed by atoms with E-state index in [4.69, 9.17) is 0 Å². The molecule has 1 aliphatic carbocycles. The molecule has 0 saturated heterocycles. The summed E-state index contributed by atoms with van der Waals surface area (Å²) in [6.07, 6.45) is 4.50. The number of hydrogen-bond donors (Lipinski definition) is 0. The van der Waals surface area contributed by atoms with Crippen LogP contribution >= 0.6 is 22.6 Å². The topological polar surface area (TPSA) is 29.4 Å². The molecule has 1 heterocycles. The Bertz CT molecular complexity index is 276. The minimum Gasteiger partial charge on any atom is -0.248 e. The molecule has 0 bridgehead atoms. The lowest BCUT2D eigenvalue weighted by Crippen LogP contribution is -2.22. The first-order valence-corrected chi connectivity index (χ1v) is 6.82. The van der Waals surface area contributed by atoms with Gasteiger partial charge < -0.3 is 0 Å². The van der Waals surface area contributed by atoms with E-state index in [-0.39, 0.29) is 2.75 Å². The maximum absolute atomic E-state index is 12.1. The Morgan fingerprint density at radius 1 is 1.36 bits per heavy atom. The molecule has 0 amide bonds. The summed E-state index contributed by atoms with van der Waals surface area (Å²) >= 11 is 2.35. The van der Waals surface area contributed by atoms with Crippen molar-refractivity contribution in [3.05, 3.63) is 0 Å². The Balaban J connectivity index is 2.33. The summed E-state index contributed by atoms with van der Waals surface area (Å²) in [6.45, 7) is 0.837. The highest BCUT2D eigenvalue weighted by molar-refractivity contribution is 14.1. The number of halogens is 1. The number of rotatable bonds is 1. The van der Waals surface area contributed by atoms with Crippen molar-refractivity contribution in [2.45, 2.75) is 28.4 Å². The van der Waals surface area contributed by atoms with E-state index < -0.39 is 9.73 Å². The molecule has 1 fully saturated rings. The molecule has 0 spiro atoms. The second-order valence-corrected chi connectivity index (χ2v) is 8.81. The van der Waals surface area contributed by atoms with Crippen LogP contribution in [-0.4, -0.2) is 19.3 Å². The van der Waals surface area contributed by atoms with Crippen molar-refractivity contribution in [3.8, 4) is 0 Å². The van der Waals surface area contributed by atoms with Gasteiger partial charge in [0.05, 0.1) is 9.73 Å². The zero-order valence-electron chi connectivity index (χ0n) is 6.38. The second-order valence-electron chi connectivity index (χ2n) is 3.29. The van der Waals surface area contributed by atoms with Gasteiger partial charge in [-0.25, -0.2) is 8.57 Å². The molecule has 0 aromatic carbocycles. The van der Waals surface area contributed by atoms with Crippen molar-refractivity contribution in [1.82, 2.24) is 0 Å². The van der Waals surface area contributed by atoms with Gasteiger partial charge in [-0.2, -0.15) is 0 Å². The van der Waals surface area contributed by atoms with E-state index in [1.807, 2.05) is 0 Å². The van der Waals surface area contributed by atoms with Gasteiger partial charge in [0, 0.05) is 12.3 Å². The maximum Gasteiger partial charge on any atom is 0.105 e. The highest BCUT2D eigenvalue weighted by atomic mass is 127. The van der Waals surface area contributed by atoms with E-state index in [0.717, 1.165) is 38.0 Å². The molecule has 0 radical (unpaired) electrons. The van der Waals surface area contributed by atoms with E-state index in [1.165, 1.54) is 0 Å². The number of hydrogen-bond acceptors (Lipinski definition) is 2. The molecule has 1 aliphatic heterocycles. The van der Waals surface area contributed by atoms with Gasteiger partial charge in [-0.3, -0.25) is 0 Å². The van der Waals surface area contributed by atoms with Crippen molar-refractivity contribution in [1.29, 1.82) is 0 Å². The quantitative estimate of drug-likeness (QED) is 0.536. The lowest BCUT2D eigenvalue weighted by atomic mass is 10.3. The molecule has 4 heteroatoms. The fraction of sp³-hybridized carbons (Fsp3) is 1.00. The van der Waals surface area contributed by atoms with E-state index in [2.05, 4.69) is 27.0 Å². The fourth-order valence-corrected chi connectivity index (χ4v) is 5.24. The molecule has 0 N–H and O–H groups in total. The number of alkyl halides is 1. The fourth-order valence-electron chi connectivity index (χ4n) is 1.40. The molecular weight excluding hydrogens is 273 g/mol. The Morgan fingerprint density at radius 3 is 2.55 bits per heavy atom. The summed E-state index contributed by atoms with van der Waals surface area (Å²) in [7, 11) is -1.78. The third kappa shape index (κ3) is 1.32. The summed E-state index contributed by atoms with van der Waals surface area (Å²) in [4.78, 5) is 0. The van der Waals surface area contributed by atoms with Crippen LogP contribution in [0, 0.1) is 0 Å². The van der Waals surface area contributed by atoms with Gasteiger partial charge in [-0.1, -0.05) is 22.6 Å². The minimum atomic E-state index is -1.78. The van der Waals surface area contributed by atoms with Crippen molar-refractivity contribution in [3.63, 3.8) is 0 Å². The molecule has 0 aromatic rings. The average Bonchev–Trinajstić information content (AvgIpc) is 2.71. The van der Waals surface area contributed by atoms with Gasteiger partial charge in [0.15, 0.2) is 0 Å². The molecule has 11 heavy (non-hydrogen) atoms. The van der Waals surface area contributed by atoms with Crippen molar-refractivity contribution < 1.29 is 4.21 Å². The van der Waals surface area contributed by atoms with Crippen molar-refractivity contribution in [2.75, 3.05) is 12.3 Å². The predicted molar refractivity (Wildman–Crippen MR) is 55.5 cm³/mol. The third-order valence-corrected chi connectivity index (χ3v) is 8.48. The van der Waals surface area contributed by atoms with Gasteiger partial charge in [0.2, 0.25) is 0 Å². The highest BCUT2D eigenvalue weighted by Crippen LogP contribution is 2.51. The van der Waals surface area contributed by atoms with Crippen LogP contribution in [0.25, 0.3) is 0 Å². The molecular formula is C7H12INOS. The summed E-state index contributed by atoms with van der Waals surface area (Å²) in [5.41, 5.74) is 0. The number of nitrogens with zero attached hydrogens (tertiary/aromatic N) is 1. The largest absolute Gasteiger partial charge is 0.248 e. The zero-order valence-corrected chi connectivity index (χ0v) is 9.36. The van der Waals surface area contributed by atoms with Gasteiger partial charge >= 0.3 is 0 Å². The van der Waals surface area contributed by atoms with Gasteiger partial charge in [-0.15, -0.1) is 0 Å². The Labute approximate surface area is 81.5 Å². The lowest BCUT2D eigenvalue weighted by molar-refractivity contribution is 0.656. The lowest BCUT2D eigenvalue weighted by Gasteiger charge is -2.18. The van der Waals surface area contributed by atoms with Gasteiger partial charge in [0.25, 0.3) is 0 Å². The molecule has 0 aromatic heterocycles. The van der Waals surface area contributed by atoms with E-state index in [1.54, 1.807) is 0 Å². The summed E-state index contributed by atoms with van der Waals surface area (Å²) in [5, 5.41) is 0. The molecule has 1 atom stereocenters. The average molecular weight is 285 g/mol. The Hall–Kier alpha value is 0.680. The normalized spacial score (nSPS) is 41.2. The van der Waals surface area contributed by atoms with Crippen LogP contribution in [0.4, 0.5) is 0 Å². The third-order valence-electron chi connectivity index (χ3n) is 2.34. The molecule has 2 rings (SSSR count). The molecule has 2 nitrogen and oxygen atoms in total. The van der Waals surface area contributed by atoms with E-state index >= 15 is 0 Å². The van der Waals surface area contributed by atoms with Crippen LogP contribution in [0.1, 0.15) is 25.7 Å². The molecule has 2 aliphatic rings. The van der Waals surface area contributed by atoms with E-state index in [0.29, 0.717) is 0 Å². The zero-order chi connectivity index (χ0) is 7.95. The first-order valence-electron chi connectivity index (χ1n) is 4.05. The van der Waals surface area contributed by atoms with Crippen molar-refractivity contribution >= 4 is 32.3 Å². The SMILES string of the molecule is O=S1(C2(I)CC2)=NCCCC1. The van der Waals surface area contributed by atoms with Crippen LogP contribution < -0.4 is 0 Å². The van der Waals surface area contributed by atoms with Crippen LogP contribution in [0.5, 0.6) is 0 Å². The van der Waals surface area contributed by atoms with Gasteiger partial charge in [0.1, 0.15) is 2.75 Å². The molecule has 1 unspecified atom stereocenters. The Kier molecular flexibility index (Phi) is 1.95. The standard InChI is InChI=1S/C7H12INOS/c8-7(3-4-7)11(10)6-2-1-5-9-11/h1-6H2. The van der Waals surface area contributed by atoms with Crippen LogP contribution in [0.15, 0.2) is 4.36 Å². The summed E-state index contributed by atoms with van der Waals surface area (Å²) < 4.78 is 16.5.